The Kier molecular flexibility index (Phi) is 6.11. The van der Waals surface area contributed by atoms with Crippen LogP contribution in [0, 0.1) is 11.6 Å². The van der Waals surface area contributed by atoms with Crippen LogP contribution in [-0.4, -0.2) is 10.2 Å². The summed E-state index contributed by atoms with van der Waals surface area (Å²) in [6.07, 6.45) is 2.21. The maximum absolute atomic E-state index is 14.1. The van der Waals surface area contributed by atoms with E-state index in [4.69, 9.17) is 0 Å². The van der Waals surface area contributed by atoms with Gasteiger partial charge in [0.1, 0.15) is 11.6 Å². The van der Waals surface area contributed by atoms with Gasteiger partial charge in [-0.05, 0) is 71.1 Å². The fourth-order valence-electron chi connectivity index (χ4n) is 1.83. The molecule has 0 aliphatic heterocycles. The Morgan fingerprint density at radius 3 is 1.46 bits per heavy atom. The van der Waals surface area contributed by atoms with Crippen molar-refractivity contribution < 1.29 is 18.4 Å². The van der Waals surface area contributed by atoms with Gasteiger partial charge in [-0.25, -0.2) is 8.78 Å². The Morgan fingerprint density at radius 2 is 1.17 bits per heavy atom. The van der Waals surface area contributed by atoms with E-state index in [2.05, 4.69) is 13.2 Å². The summed E-state index contributed by atoms with van der Waals surface area (Å²) in [5.41, 5.74) is 0.932. The van der Waals surface area contributed by atoms with Crippen LogP contribution in [0.5, 0.6) is 0 Å². The lowest BCUT2D eigenvalue weighted by Crippen LogP contribution is -1.91. The molecule has 0 radical (unpaired) electrons. The molecular formula is C18H12F2O2S2. The maximum atomic E-state index is 14.1. The van der Waals surface area contributed by atoms with Gasteiger partial charge in [0.05, 0.1) is 9.79 Å². The molecule has 0 atom stereocenters. The van der Waals surface area contributed by atoms with E-state index in [0.717, 1.165) is 35.7 Å². The van der Waals surface area contributed by atoms with Crippen LogP contribution in [-0.2, 0) is 9.59 Å². The van der Waals surface area contributed by atoms with E-state index < -0.39 is 11.6 Å². The van der Waals surface area contributed by atoms with Gasteiger partial charge in [0.25, 0.3) is 0 Å². The van der Waals surface area contributed by atoms with Crippen LogP contribution in [0.3, 0.4) is 0 Å². The quantitative estimate of drug-likeness (QED) is 0.538. The fourth-order valence-corrected chi connectivity index (χ4v) is 3.01. The second-order valence-electron chi connectivity index (χ2n) is 4.54. The standard InChI is InChI=1S/C18H12F2O2S2/c1-3-17(21)23-15-7-5-11(9-13(15)19)12-6-8-16(14(20)10-12)24-18(22)4-2/h3-10H,1-2H2. The molecule has 0 unspecified atom stereocenters. The van der Waals surface area contributed by atoms with Crippen molar-refractivity contribution in [2.45, 2.75) is 9.79 Å². The molecule has 2 nitrogen and oxygen atoms in total. The summed E-state index contributed by atoms with van der Waals surface area (Å²) < 4.78 is 28.1. The number of carbonyl (C=O) groups is 2. The molecule has 122 valence electrons. The Balaban J connectivity index is 2.28. The molecule has 0 N–H and O–H groups in total. The molecule has 0 saturated carbocycles. The highest BCUT2D eigenvalue weighted by atomic mass is 32.2. The number of rotatable bonds is 5. The highest BCUT2D eigenvalue weighted by molar-refractivity contribution is 8.14. The molecule has 0 bridgehead atoms. The summed E-state index contributed by atoms with van der Waals surface area (Å²) in [4.78, 5) is 22.9. The Labute approximate surface area is 146 Å². The highest BCUT2D eigenvalue weighted by Gasteiger charge is 2.12. The Bertz CT molecular complexity index is 762. The first-order valence-electron chi connectivity index (χ1n) is 6.72. The van der Waals surface area contributed by atoms with E-state index in [-0.39, 0.29) is 20.0 Å². The van der Waals surface area contributed by atoms with Crippen molar-refractivity contribution in [1.82, 2.24) is 0 Å². The summed E-state index contributed by atoms with van der Waals surface area (Å²) in [6, 6.07) is 8.57. The molecule has 0 fully saturated rings. The SMILES string of the molecule is C=CC(=O)Sc1ccc(-c2ccc(SC(=O)C=C)c(F)c2)cc1F. The lowest BCUT2D eigenvalue weighted by atomic mass is 10.1. The Morgan fingerprint density at radius 1 is 0.792 bits per heavy atom. The predicted octanol–water partition coefficient (Wildman–Crippen LogP) is 5.24. The third-order valence-corrected chi connectivity index (χ3v) is 4.79. The van der Waals surface area contributed by atoms with Gasteiger partial charge in [0.15, 0.2) is 0 Å². The van der Waals surface area contributed by atoms with Crippen LogP contribution < -0.4 is 0 Å². The van der Waals surface area contributed by atoms with Crippen molar-refractivity contribution in [3.8, 4) is 11.1 Å². The molecular weight excluding hydrogens is 350 g/mol. The average molecular weight is 362 g/mol. The van der Waals surface area contributed by atoms with Crippen LogP contribution in [0.15, 0.2) is 71.5 Å². The third-order valence-electron chi connectivity index (χ3n) is 2.95. The molecule has 0 amide bonds. The van der Waals surface area contributed by atoms with Gasteiger partial charge in [-0.2, -0.15) is 0 Å². The molecule has 2 aromatic rings. The van der Waals surface area contributed by atoms with Gasteiger partial charge >= 0.3 is 0 Å². The first kappa shape index (κ1) is 18.2. The van der Waals surface area contributed by atoms with Crippen molar-refractivity contribution in [2.75, 3.05) is 0 Å². The van der Waals surface area contributed by atoms with Crippen LogP contribution >= 0.6 is 23.5 Å². The van der Waals surface area contributed by atoms with E-state index in [1.807, 2.05) is 0 Å². The molecule has 2 aromatic carbocycles. The second-order valence-corrected chi connectivity index (χ2v) is 6.63. The highest BCUT2D eigenvalue weighted by Crippen LogP contribution is 2.31. The van der Waals surface area contributed by atoms with Gasteiger partial charge in [-0.15, -0.1) is 0 Å². The van der Waals surface area contributed by atoms with Crippen LogP contribution in [0.4, 0.5) is 8.78 Å². The fraction of sp³-hybridized carbons (Fsp3) is 0. The number of hydrogen-bond acceptors (Lipinski definition) is 4. The normalized spacial score (nSPS) is 10.2. The first-order chi connectivity index (χ1) is 11.4. The molecule has 0 aromatic heterocycles. The topological polar surface area (TPSA) is 34.1 Å². The zero-order chi connectivity index (χ0) is 17.7. The monoisotopic (exact) mass is 362 g/mol. The molecule has 2 rings (SSSR count). The zero-order valence-corrected chi connectivity index (χ0v) is 14.1. The minimum Gasteiger partial charge on any atom is -0.282 e. The van der Waals surface area contributed by atoms with Gasteiger partial charge in [0.2, 0.25) is 10.2 Å². The zero-order valence-electron chi connectivity index (χ0n) is 12.4. The second kappa shape index (κ2) is 8.08. The lowest BCUT2D eigenvalue weighted by molar-refractivity contribution is -0.107. The van der Waals surface area contributed by atoms with Crippen LogP contribution in [0.1, 0.15) is 0 Å². The largest absolute Gasteiger partial charge is 0.282 e. The van der Waals surface area contributed by atoms with Gasteiger partial charge in [-0.3, -0.25) is 9.59 Å². The van der Waals surface area contributed by atoms with Crippen molar-refractivity contribution in [1.29, 1.82) is 0 Å². The minimum absolute atomic E-state index is 0.174. The van der Waals surface area contributed by atoms with Crippen molar-refractivity contribution >= 4 is 33.8 Å². The molecule has 0 spiro atoms. The van der Waals surface area contributed by atoms with Crippen molar-refractivity contribution in [3.63, 3.8) is 0 Å². The molecule has 24 heavy (non-hydrogen) atoms. The van der Waals surface area contributed by atoms with Crippen LogP contribution in [0.2, 0.25) is 0 Å². The summed E-state index contributed by atoms with van der Waals surface area (Å²) in [5.74, 6) is -1.15. The van der Waals surface area contributed by atoms with Crippen molar-refractivity contribution in [2.24, 2.45) is 0 Å². The Hall–Kier alpha value is -2.18. The van der Waals surface area contributed by atoms with Gasteiger partial charge in [0, 0.05) is 0 Å². The minimum atomic E-state index is -0.576. The summed E-state index contributed by atoms with van der Waals surface area (Å²) in [6.45, 7) is 6.66. The van der Waals surface area contributed by atoms with E-state index >= 15 is 0 Å². The smallest absolute Gasteiger partial charge is 0.216 e. The van der Waals surface area contributed by atoms with Gasteiger partial charge < -0.3 is 0 Å². The molecule has 0 heterocycles. The van der Waals surface area contributed by atoms with Crippen LogP contribution in [0.25, 0.3) is 11.1 Å². The van der Waals surface area contributed by atoms with E-state index in [0.29, 0.717) is 11.1 Å². The van der Waals surface area contributed by atoms with E-state index in [1.54, 1.807) is 12.1 Å². The summed E-state index contributed by atoms with van der Waals surface area (Å²) >= 11 is 1.47. The molecule has 0 aliphatic carbocycles. The number of thioether (sulfide) groups is 2. The third kappa shape index (κ3) is 4.43. The number of carbonyl (C=O) groups excluding carboxylic acids is 2. The van der Waals surface area contributed by atoms with E-state index in [1.165, 1.54) is 24.3 Å². The van der Waals surface area contributed by atoms with Gasteiger partial charge in [-0.1, -0.05) is 25.3 Å². The molecule has 6 heteroatoms. The van der Waals surface area contributed by atoms with E-state index in [9.17, 15) is 18.4 Å². The number of hydrogen-bond donors (Lipinski definition) is 0. The summed E-state index contributed by atoms with van der Waals surface area (Å²) in [7, 11) is 0. The maximum Gasteiger partial charge on any atom is 0.216 e. The summed E-state index contributed by atoms with van der Waals surface area (Å²) in [5, 5.41) is -0.720. The molecule has 0 aliphatic rings. The number of halogens is 2. The lowest BCUT2D eigenvalue weighted by Gasteiger charge is -2.07. The van der Waals surface area contributed by atoms with Crippen molar-refractivity contribution in [3.05, 3.63) is 73.3 Å². The average Bonchev–Trinajstić information content (AvgIpc) is 2.58. The number of benzene rings is 2. The first-order valence-corrected chi connectivity index (χ1v) is 8.36. The molecule has 0 saturated heterocycles. The predicted molar refractivity (Wildman–Crippen MR) is 93.9 cm³/mol.